The number of piperidine rings is 2. The third-order valence-corrected chi connectivity index (χ3v) is 5.86. The van der Waals surface area contributed by atoms with Crippen molar-refractivity contribution in [1.29, 1.82) is 0 Å². The number of nitrogens with zero attached hydrogens (tertiary/aromatic N) is 3. The molecule has 0 amide bonds. The molecule has 0 radical (unpaired) electrons. The fourth-order valence-electron chi connectivity index (χ4n) is 4.07. The minimum absolute atomic E-state index is 0.139. The summed E-state index contributed by atoms with van der Waals surface area (Å²) in [7, 11) is 2.21. The zero-order chi connectivity index (χ0) is 17.3. The number of likely N-dealkylation sites (tertiary alicyclic amines) is 1. The Kier molecular flexibility index (Phi) is 4.63. The molecule has 0 saturated carbocycles. The van der Waals surface area contributed by atoms with Crippen LogP contribution in [0, 0.1) is 15.5 Å². The van der Waals surface area contributed by atoms with Gasteiger partial charge in [0.2, 0.25) is 0 Å². The summed E-state index contributed by atoms with van der Waals surface area (Å²) in [5.41, 5.74) is 3.53. The molecule has 0 aliphatic carbocycles. The van der Waals surface area contributed by atoms with Crippen LogP contribution >= 0.6 is 0 Å². The average molecular weight is 329 g/mol. The maximum Gasteiger partial charge on any atom is 0.270 e. The van der Waals surface area contributed by atoms with Crippen LogP contribution in [0.4, 0.5) is 11.4 Å². The third-order valence-electron chi connectivity index (χ3n) is 5.86. The molecule has 1 aromatic carbocycles. The number of rotatable bonds is 3. The highest BCUT2D eigenvalue weighted by Gasteiger charge is 2.37. The number of hydrogen-bond acceptors (Lipinski definition) is 4. The maximum absolute atomic E-state index is 11.1. The minimum atomic E-state index is -0.333. The standard InChI is InChI=1S/C19H27N3O2/c1-15(2)17-14-16(22(23)24)4-5-18(17)21-12-8-19(9-13-21)6-10-20(3)11-7-19/h4-5,14H,1,6-13H2,2-3H3. The SMILES string of the molecule is C=C(C)c1cc([N+](=O)[O-])ccc1N1CCC2(CCN(C)CC2)CC1. The fraction of sp³-hybridized carbons (Fsp3) is 0.579. The van der Waals surface area contributed by atoms with Crippen LogP contribution in [0.2, 0.25) is 0 Å². The summed E-state index contributed by atoms with van der Waals surface area (Å²) in [6, 6.07) is 5.17. The highest BCUT2D eigenvalue weighted by atomic mass is 16.6. The molecule has 24 heavy (non-hydrogen) atoms. The van der Waals surface area contributed by atoms with E-state index in [-0.39, 0.29) is 10.6 Å². The first-order valence-corrected chi connectivity index (χ1v) is 8.78. The van der Waals surface area contributed by atoms with E-state index >= 15 is 0 Å². The molecule has 2 aliphatic rings. The van der Waals surface area contributed by atoms with Crippen molar-refractivity contribution in [3.63, 3.8) is 0 Å². The number of allylic oxidation sites excluding steroid dienone is 1. The number of anilines is 1. The Morgan fingerprint density at radius 1 is 1.17 bits per heavy atom. The van der Waals surface area contributed by atoms with Crippen molar-refractivity contribution < 1.29 is 4.92 Å². The Morgan fingerprint density at radius 3 is 2.29 bits per heavy atom. The second-order valence-corrected chi connectivity index (χ2v) is 7.53. The molecule has 0 N–H and O–H groups in total. The molecule has 130 valence electrons. The molecular formula is C19H27N3O2. The Bertz CT molecular complexity index is 638. The van der Waals surface area contributed by atoms with Gasteiger partial charge >= 0.3 is 0 Å². The first-order valence-electron chi connectivity index (χ1n) is 8.78. The van der Waals surface area contributed by atoms with E-state index in [2.05, 4.69) is 23.4 Å². The van der Waals surface area contributed by atoms with Gasteiger partial charge in [-0.25, -0.2) is 0 Å². The predicted octanol–water partition coefficient (Wildman–Crippen LogP) is 3.94. The molecule has 3 rings (SSSR count). The number of nitro benzene ring substituents is 1. The molecule has 0 atom stereocenters. The van der Waals surface area contributed by atoms with Crippen LogP contribution in [0.15, 0.2) is 24.8 Å². The molecule has 0 bridgehead atoms. The fourth-order valence-corrected chi connectivity index (χ4v) is 4.07. The highest BCUT2D eigenvalue weighted by Crippen LogP contribution is 2.43. The van der Waals surface area contributed by atoms with E-state index < -0.39 is 0 Å². The lowest BCUT2D eigenvalue weighted by molar-refractivity contribution is -0.384. The largest absolute Gasteiger partial charge is 0.371 e. The molecule has 5 nitrogen and oxygen atoms in total. The van der Waals surface area contributed by atoms with E-state index in [0.717, 1.165) is 29.9 Å². The Hall–Kier alpha value is -1.88. The van der Waals surface area contributed by atoms with Gasteiger partial charge in [-0.05, 0) is 69.8 Å². The molecule has 0 unspecified atom stereocenters. The molecular weight excluding hydrogens is 302 g/mol. The first kappa shape index (κ1) is 17.0. The van der Waals surface area contributed by atoms with E-state index in [1.807, 2.05) is 13.0 Å². The van der Waals surface area contributed by atoms with Crippen molar-refractivity contribution in [2.75, 3.05) is 38.1 Å². The van der Waals surface area contributed by atoms with E-state index in [1.165, 1.54) is 38.8 Å². The van der Waals surface area contributed by atoms with E-state index in [9.17, 15) is 10.1 Å². The zero-order valence-corrected chi connectivity index (χ0v) is 14.8. The topological polar surface area (TPSA) is 49.6 Å². The van der Waals surface area contributed by atoms with Crippen LogP contribution < -0.4 is 4.90 Å². The predicted molar refractivity (Wildman–Crippen MR) is 98.4 cm³/mol. The lowest BCUT2D eigenvalue weighted by Crippen LogP contribution is -2.46. The average Bonchev–Trinajstić information content (AvgIpc) is 2.58. The highest BCUT2D eigenvalue weighted by molar-refractivity contribution is 5.76. The summed E-state index contributed by atoms with van der Waals surface area (Å²) in [5.74, 6) is 0. The van der Waals surface area contributed by atoms with Crippen LogP contribution in [0.25, 0.3) is 5.57 Å². The number of non-ortho nitro benzene ring substituents is 1. The van der Waals surface area contributed by atoms with Crippen molar-refractivity contribution >= 4 is 16.9 Å². The molecule has 1 aromatic rings. The van der Waals surface area contributed by atoms with Crippen molar-refractivity contribution in [3.05, 3.63) is 40.5 Å². The van der Waals surface area contributed by atoms with Gasteiger partial charge in [-0.1, -0.05) is 6.58 Å². The van der Waals surface area contributed by atoms with Gasteiger partial charge < -0.3 is 9.80 Å². The first-order chi connectivity index (χ1) is 11.4. The molecule has 1 spiro atoms. The minimum Gasteiger partial charge on any atom is -0.371 e. The van der Waals surface area contributed by atoms with Gasteiger partial charge in [0.05, 0.1) is 4.92 Å². The third kappa shape index (κ3) is 3.31. The molecule has 2 saturated heterocycles. The molecule has 2 heterocycles. The Balaban J connectivity index is 1.76. The molecule has 5 heteroatoms. The molecule has 0 aromatic heterocycles. The zero-order valence-electron chi connectivity index (χ0n) is 14.8. The van der Waals surface area contributed by atoms with Crippen molar-refractivity contribution in [1.82, 2.24) is 4.90 Å². The molecule has 2 aliphatic heterocycles. The second-order valence-electron chi connectivity index (χ2n) is 7.53. The van der Waals surface area contributed by atoms with Crippen LogP contribution in [-0.4, -0.2) is 43.0 Å². The summed E-state index contributed by atoms with van der Waals surface area (Å²) < 4.78 is 0. The summed E-state index contributed by atoms with van der Waals surface area (Å²) in [6.45, 7) is 10.4. The summed E-state index contributed by atoms with van der Waals surface area (Å²) in [6.07, 6.45) is 5.02. The number of benzene rings is 1. The summed E-state index contributed by atoms with van der Waals surface area (Å²) in [4.78, 5) is 15.5. The van der Waals surface area contributed by atoms with Crippen LogP contribution in [0.3, 0.4) is 0 Å². The van der Waals surface area contributed by atoms with Gasteiger partial charge in [0.1, 0.15) is 0 Å². The number of nitro groups is 1. The normalized spacial score (nSPS) is 21.0. The lowest BCUT2D eigenvalue weighted by Gasteiger charge is -2.47. The van der Waals surface area contributed by atoms with Gasteiger partial charge in [0.15, 0.2) is 0 Å². The van der Waals surface area contributed by atoms with Crippen LogP contribution in [-0.2, 0) is 0 Å². The van der Waals surface area contributed by atoms with Gasteiger partial charge in [-0.3, -0.25) is 10.1 Å². The number of hydrogen-bond donors (Lipinski definition) is 0. The van der Waals surface area contributed by atoms with Gasteiger partial charge in [-0.2, -0.15) is 0 Å². The van der Waals surface area contributed by atoms with E-state index in [0.29, 0.717) is 5.41 Å². The van der Waals surface area contributed by atoms with Crippen molar-refractivity contribution in [2.45, 2.75) is 32.6 Å². The van der Waals surface area contributed by atoms with Gasteiger partial charge in [0.25, 0.3) is 5.69 Å². The summed E-state index contributed by atoms with van der Waals surface area (Å²) in [5, 5.41) is 11.1. The molecule has 2 fully saturated rings. The lowest BCUT2D eigenvalue weighted by atomic mass is 9.71. The quantitative estimate of drug-likeness (QED) is 0.622. The van der Waals surface area contributed by atoms with Gasteiger partial charge in [-0.15, -0.1) is 0 Å². The van der Waals surface area contributed by atoms with E-state index in [1.54, 1.807) is 12.1 Å². The second kappa shape index (κ2) is 6.55. The smallest absolute Gasteiger partial charge is 0.270 e. The van der Waals surface area contributed by atoms with Crippen LogP contribution in [0.1, 0.15) is 38.2 Å². The van der Waals surface area contributed by atoms with Crippen molar-refractivity contribution in [3.8, 4) is 0 Å². The Labute approximate surface area is 144 Å². The maximum atomic E-state index is 11.1. The summed E-state index contributed by atoms with van der Waals surface area (Å²) >= 11 is 0. The van der Waals surface area contributed by atoms with E-state index in [4.69, 9.17) is 0 Å². The Morgan fingerprint density at radius 2 is 1.75 bits per heavy atom. The van der Waals surface area contributed by atoms with Gasteiger partial charge in [0, 0.05) is 36.5 Å². The monoisotopic (exact) mass is 329 g/mol. The van der Waals surface area contributed by atoms with Crippen LogP contribution in [0.5, 0.6) is 0 Å². The van der Waals surface area contributed by atoms with Crippen molar-refractivity contribution in [2.24, 2.45) is 5.41 Å².